The minimum atomic E-state index is -0.784. The van der Waals surface area contributed by atoms with Crippen molar-refractivity contribution in [2.24, 2.45) is 5.92 Å². The Balaban J connectivity index is 1.62. The molecule has 1 aromatic rings. The molecule has 116 valence electrons. The lowest BCUT2D eigenvalue weighted by Crippen LogP contribution is -2.50. The van der Waals surface area contributed by atoms with E-state index in [1.165, 1.54) is 5.56 Å². The highest BCUT2D eigenvalue weighted by molar-refractivity contribution is 6.10. The Kier molecular flexibility index (Phi) is 3.05. The van der Waals surface area contributed by atoms with Gasteiger partial charge in [0.05, 0.1) is 12.7 Å². The molecule has 1 amide bonds. The van der Waals surface area contributed by atoms with Gasteiger partial charge >= 0.3 is 0 Å². The summed E-state index contributed by atoms with van der Waals surface area (Å²) in [5.74, 6) is 1.09. The number of carbonyl (C=O) groups is 1. The van der Waals surface area contributed by atoms with Crippen LogP contribution >= 0.6 is 0 Å². The molecule has 1 saturated heterocycles. The van der Waals surface area contributed by atoms with Crippen molar-refractivity contribution in [3.05, 3.63) is 41.6 Å². The molecule has 22 heavy (non-hydrogen) atoms. The van der Waals surface area contributed by atoms with E-state index >= 15 is 0 Å². The molecule has 2 fully saturated rings. The molecule has 4 heteroatoms. The summed E-state index contributed by atoms with van der Waals surface area (Å²) in [4.78, 5) is 13.9. The number of amides is 1. The van der Waals surface area contributed by atoms with E-state index in [1.54, 1.807) is 7.11 Å². The smallest absolute Gasteiger partial charge is 0.275 e. The van der Waals surface area contributed by atoms with E-state index in [9.17, 15) is 9.90 Å². The number of hydrogen-bond acceptors (Lipinski definition) is 3. The Morgan fingerprint density at radius 2 is 2.09 bits per heavy atom. The molecule has 0 radical (unpaired) electrons. The third-order valence-electron chi connectivity index (χ3n) is 5.42. The Labute approximate surface area is 130 Å². The first-order chi connectivity index (χ1) is 10.6. The number of ether oxygens (including phenoxy) is 1. The van der Waals surface area contributed by atoms with Crippen LogP contribution in [0.15, 0.2) is 36.0 Å². The van der Waals surface area contributed by atoms with E-state index in [1.807, 2.05) is 35.2 Å². The van der Waals surface area contributed by atoms with Gasteiger partial charge in [-0.15, -0.1) is 0 Å². The first kappa shape index (κ1) is 13.8. The van der Waals surface area contributed by atoms with Crippen LogP contribution in [0.2, 0.25) is 0 Å². The van der Waals surface area contributed by atoms with Gasteiger partial charge in [0, 0.05) is 12.0 Å². The van der Waals surface area contributed by atoms with Crippen molar-refractivity contribution < 1.29 is 14.6 Å². The normalized spacial score (nSPS) is 32.9. The second kappa shape index (κ2) is 4.85. The van der Waals surface area contributed by atoms with Crippen molar-refractivity contribution in [1.29, 1.82) is 0 Å². The van der Waals surface area contributed by atoms with Crippen LogP contribution in [-0.2, 0) is 11.2 Å². The Hall–Kier alpha value is -1.81. The van der Waals surface area contributed by atoms with Crippen LogP contribution in [0.3, 0.4) is 0 Å². The molecule has 2 aliphatic heterocycles. The van der Waals surface area contributed by atoms with Crippen molar-refractivity contribution in [1.82, 2.24) is 4.90 Å². The number of fused-ring (bicyclic) bond motifs is 2. The minimum absolute atomic E-state index is 0.0891. The molecule has 1 N–H and O–H groups in total. The molecule has 0 bridgehead atoms. The molecule has 1 saturated carbocycles. The Morgan fingerprint density at radius 1 is 1.32 bits per heavy atom. The molecular weight excluding hydrogens is 278 g/mol. The maximum absolute atomic E-state index is 12.0. The summed E-state index contributed by atoms with van der Waals surface area (Å²) in [6.07, 6.45) is 6.56. The third kappa shape index (κ3) is 2.05. The predicted molar refractivity (Wildman–Crippen MR) is 82.3 cm³/mol. The minimum Gasteiger partial charge on any atom is -0.497 e. The van der Waals surface area contributed by atoms with Gasteiger partial charge in [0.15, 0.2) is 0 Å². The highest BCUT2D eigenvalue weighted by atomic mass is 16.5. The van der Waals surface area contributed by atoms with E-state index < -0.39 is 5.60 Å². The van der Waals surface area contributed by atoms with Crippen molar-refractivity contribution in [3.8, 4) is 5.75 Å². The number of methoxy groups -OCH3 is 1. The topological polar surface area (TPSA) is 49.5 Å². The molecule has 3 atom stereocenters. The average molecular weight is 299 g/mol. The molecule has 4 rings (SSSR count). The number of benzene rings is 1. The van der Waals surface area contributed by atoms with Crippen LogP contribution < -0.4 is 4.74 Å². The van der Waals surface area contributed by atoms with Gasteiger partial charge in [-0.2, -0.15) is 0 Å². The van der Waals surface area contributed by atoms with E-state index in [4.69, 9.17) is 4.74 Å². The van der Waals surface area contributed by atoms with Gasteiger partial charge in [0.25, 0.3) is 5.91 Å². The molecule has 2 heterocycles. The summed E-state index contributed by atoms with van der Waals surface area (Å²) in [6.45, 7) is 0. The largest absolute Gasteiger partial charge is 0.497 e. The van der Waals surface area contributed by atoms with Gasteiger partial charge in [-0.25, -0.2) is 0 Å². The number of aliphatic hydroxyl groups is 1. The SMILES string of the molecule is COc1ccc(CC2C3CCCCC3(O)C=C3C(=O)N32)cc1. The monoisotopic (exact) mass is 299 g/mol. The number of rotatable bonds is 3. The highest BCUT2D eigenvalue weighted by Gasteiger charge is 2.57. The zero-order valence-corrected chi connectivity index (χ0v) is 12.8. The fourth-order valence-electron chi connectivity index (χ4n) is 4.20. The highest BCUT2D eigenvalue weighted by Crippen LogP contribution is 2.49. The average Bonchev–Trinajstić information content (AvgIpc) is 3.16. The Bertz CT molecular complexity index is 636. The van der Waals surface area contributed by atoms with Crippen molar-refractivity contribution in [2.75, 3.05) is 7.11 Å². The molecular formula is C18H21NO3. The van der Waals surface area contributed by atoms with Gasteiger partial charge < -0.3 is 9.84 Å². The number of hydrogen-bond donors (Lipinski definition) is 1. The first-order valence-electron chi connectivity index (χ1n) is 8.04. The zero-order valence-electron chi connectivity index (χ0n) is 12.8. The number of carbonyl (C=O) groups excluding carboxylic acids is 1. The zero-order chi connectivity index (χ0) is 15.3. The van der Waals surface area contributed by atoms with Crippen molar-refractivity contribution in [2.45, 2.75) is 43.7 Å². The van der Waals surface area contributed by atoms with Gasteiger partial charge in [0.1, 0.15) is 11.4 Å². The maximum atomic E-state index is 12.0. The third-order valence-corrected chi connectivity index (χ3v) is 5.42. The van der Waals surface area contributed by atoms with Gasteiger partial charge in [-0.1, -0.05) is 25.0 Å². The molecule has 1 aromatic carbocycles. The van der Waals surface area contributed by atoms with E-state index in [0.717, 1.165) is 43.6 Å². The predicted octanol–water partition coefficient (Wildman–Crippen LogP) is 2.27. The molecule has 3 unspecified atom stereocenters. The standard InChI is InChI=1S/C18H21NO3/c1-22-13-7-5-12(6-8-13)10-15-14-4-2-3-9-18(14,21)11-16-17(20)19(15)16/h5-8,11,14-15,21H,2-4,9-10H2,1H3. The summed E-state index contributed by atoms with van der Waals surface area (Å²) < 4.78 is 5.19. The van der Waals surface area contributed by atoms with Crippen molar-refractivity contribution >= 4 is 5.91 Å². The fraction of sp³-hybridized carbons (Fsp3) is 0.500. The van der Waals surface area contributed by atoms with Gasteiger partial charge in [0.2, 0.25) is 0 Å². The molecule has 4 nitrogen and oxygen atoms in total. The summed E-state index contributed by atoms with van der Waals surface area (Å²) in [5, 5.41) is 11.0. The number of nitrogens with zero attached hydrogens (tertiary/aromatic N) is 1. The molecule has 0 aromatic heterocycles. The Morgan fingerprint density at radius 3 is 2.82 bits per heavy atom. The van der Waals surface area contributed by atoms with Crippen LogP contribution in [0.5, 0.6) is 5.75 Å². The van der Waals surface area contributed by atoms with Gasteiger partial charge in [-0.05, 0) is 43.0 Å². The van der Waals surface area contributed by atoms with E-state index in [2.05, 4.69) is 0 Å². The quantitative estimate of drug-likeness (QED) is 0.871. The van der Waals surface area contributed by atoms with Crippen molar-refractivity contribution in [3.63, 3.8) is 0 Å². The van der Waals surface area contributed by atoms with E-state index in [0.29, 0.717) is 0 Å². The van der Waals surface area contributed by atoms with Crippen LogP contribution in [0.1, 0.15) is 31.2 Å². The summed E-state index contributed by atoms with van der Waals surface area (Å²) in [5.41, 5.74) is 1.12. The summed E-state index contributed by atoms with van der Waals surface area (Å²) in [6, 6.07) is 8.09. The van der Waals surface area contributed by atoms with E-state index in [-0.39, 0.29) is 17.9 Å². The maximum Gasteiger partial charge on any atom is 0.275 e. The lowest BCUT2D eigenvalue weighted by molar-refractivity contribution is -0.115. The van der Waals surface area contributed by atoms with Crippen LogP contribution in [-0.4, -0.2) is 34.7 Å². The summed E-state index contributed by atoms with van der Waals surface area (Å²) >= 11 is 0. The van der Waals surface area contributed by atoms with Crippen LogP contribution in [0, 0.1) is 5.92 Å². The first-order valence-corrected chi connectivity index (χ1v) is 8.04. The van der Waals surface area contributed by atoms with Crippen LogP contribution in [0.4, 0.5) is 0 Å². The lowest BCUT2D eigenvalue weighted by Gasteiger charge is -2.44. The van der Waals surface area contributed by atoms with Crippen LogP contribution in [0.25, 0.3) is 0 Å². The fourth-order valence-corrected chi connectivity index (χ4v) is 4.20. The molecule has 1 aliphatic carbocycles. The van der Waals surface area contributed by atoms with Gasteiger partial charge in [-0.3, -0.25) is 9.69 Å². The molecule has 3 aliphatic rings. The summed E-state index contributed by atoms with van der Waals surface area (Å²) in [7, 11) is 1.66. The lowest BCUT2D eigenvalue weighted by atomic mass is 9.69. The second-order valence-electron chi connectivity index (χ2n) is 6.67. The molecule has 0 spiro atoms. The second-order valence-corrected chi connectivity index (χ2v) is 6.67.